The topological polar surface area (TPSA) is 32.3 Å². The van der Waals surface area contributed by atoms with E-state index in [0.717, 1.165) is 37.2 Å². The SMILES string of the molecule is CCC1(CC)CCN(C(=O)c2ccc(C)cc2NC)CC1. The van der Waals surface area contributed by atoms with Crippen LogP contribution in [0.15, 0.2) is 18.2 Å². The molecule has 0 bridgehead atoms. The van der Waals surface area contributed by atoms with Crippen molar-refractivity contribution in [2.45, 2.75) is 46.5 Å². The molecule has 1 amide bonds. The number of carbonyl (C=O) groups is 1. The molecule has 3 heteroatoms. The van der Waals surface area contributed by atoms with Crippen LogP contribution >= 0.6 is 0 Å². The molecule has 0 aliphatic carbocycles. The first-order chi connectivity index (χ1) is 10.0. The molecular formula is C18H28N2O. The molecule has 1 aliphatic rings. The lowest BCUT2D eigenvalue weighted by molar-refractivity contribution is 0.0558. The maximum atomic E-state index is 12.8. The first kappa shape index (κ1) is 15.9. The average molecular weight is 288 g/mol. The van der Waals surface area contributed by atoms with Crippen molar-refractivity contribution in [3.8, 4) is 0 Å². The number of piperidine rings is 1. The summed E-state index contributed by atoms with van der Waals surface area (Å²) in [5, 5.41) is 3.15. The number of hydrogen-bond donors (Lipinski definition) is 1. The first-order valence-electron chi connectivity index (χ1n) is 8.13. The Morgan fingerprint density at radius 3 is 2.38 bits per heavy atom. The smallest absolute Gasteiger partial charge is 0.255 e. The standard InChI is InChI=1S/C18H28N2O/c1-5-18(6-2)9-11-20(12-10-18)17(21)15-8-7-14(3)13-16(15)19-4/h7-8,13,19H,5-6,9-12H2,1-4H3. The molecule has 0 spiro atoms. The highest BCUT2D eigenvalue weighted by molar-refractivity contribution is 5.99. The Kier molecular flexibility index (Phi) is 4.92. The molecular weight excluding hydrogens is 260 g/mol. The summed E-state index contributed by atoms with van der Waals surface area (Å²) in [5.74, 6) is 0.167. The number of hydrogen-bond acceptors (Lipinski definition) is 2. The van der Waals surface area contributed by atoms with Gasteiger partial charge >= 0.3 is 0 Å². The lowest BCUT2D eigenvalue weighted by Crippen LogP contribution is -2.43. The Hall–Kier alpha value is -1.51. The Morgan fingerprint density at radius 2 is 1.86 bits per heavy atom. The quantitative estimate of drug-likeness (QED) is 0.905. The number of benzene rings is 1. The highest BCUT2D eigenvalue weighted by Gasteiger charge is 2.33. The number of aryl methyl sites for hydroxylation is 1. The number of nitrogens with one attached hydrogen (secondary N) is 1. The van der Waals surface area contributed by atoms with Crippen molar-refractivity contribution in [1.29, 1.82) is 0 Å². The van der Waals surface area contributed by atoms with Crippen LogP contribution in [0.25, 0.3) is 0 Å². The minimum absolute atomic E-state index is 0.167. The summed E-state index contributed by atoms with van der Waals surface area (Å²) in [4.78, 5) is 14.8. The maximum Gasteiger partial charge on any atom is 0.255 e. The summed E-state index contributed by atoms with van der Waals surface area (Å²) in [5.41, 5.74) is 3.35. The number of amides is 1. The number of rotatable bonds is 4. The third-order valence-corrected chi connectivity index (χ3v) is 5.29. The molecule has 0 saturated carbocycles. The van der Waals surface area contributed by atoms with E-state index in [-0.39, 0.29) is 5.91 Å². The van der Waals surface area contributed by atoms with E-state index in [1.165, 1.54) is 18.4 Å². The van der Waals surface area contributed by atoms with Crippen molar-refractivity contribution in [3.63, 3.8) is 0 Å². The normalized spacial score (nSPS) is 17.6. The number of likely N-dealkylation sites (tertiary alicyclic amines) is 1. The van der Waals surface area contributed by atoms with Crippen LogP contribution in [0, 0.1) is 12.3 Å². The van der Waals surface area contributed by atoms with Gasteiger partial charge in [0.25, 0.3) is 5.91 Å². The van der Waals surface area contributed by atoms with Gasteiger partial charge in [-0.15, -0.1) is 0 Å². The summed E-state index contributed by atoms with van der Waals surface area (Å²) in [7, 11) is 1.88. The third kappa shape index (κ3) is 3.22. The van der Waals surface area contributed by atoms with Gasteiger partial charge in [-0.25, -0.2) is 0 Å². The summed E-state index contributed by atoms with van der Waals surface area (Å²) < 4.78 is 0. The largest absolute Gasteiger partial charge is 0.387 e. The zero-order valence-electron chi connectivity index (χ0n) is 13.8. The van der Waals surface area contributed by atoms with E-state index in [1.807, 2.05) is 37.1 Å². The van der Waals surface area contributed by atoms with Crippen LogP contribution in [-0.2, 0) is 0 Å². The lowest BCUT2D eigenvalue weighted by atomic mass is 9.74. The van der Waals surface area contributed by atoms with Crippen molar-refractivity contribution in [2.24, 2.45) is 5.41 Å². The minimum Gasteiger partial charge on any atom is -0.387 e. The molecule has 0 unspecified atom stereocenters. The number of anilines is 1. The molecule has 0 radical (unpaired) electrons. The van der Waals surface area contributed by atoms with Crippen LogP contribution in [-0.4, -0.2) is 30.9 Å². The van der Waals surface area contributed by atoms with E-state index in [1.54, 1.807) is 0 Å². The van der Waals surface area contributed by atoms with Crippen molar-refractivity contribution >= 4 is 11.6 Å². The monoisotopic (exact) mass is 288 g/mol. The van der Waals surface area contributed by atoms with Crippen molar-refractivity contribution in [3.05, 3.63) is 29.3 Å². The van der Waals surface area contributed by atoms with Gasteiger partial charge in [-0.2, -0.15) is 0 Å². The number of carbonyl (C=O) groups excluding carboxylic acids is 1. The van der Waals surface area contributed by atoms with E-state index in [9.17, 15) is 4.79 Å². The van der Waals surface area contributed by atoms with Gasteiger partial charge in [0.1, 0.15) is 0 Å². The van der Waals surface area contributed by atoms with E-state index in [2.05, 4.69) is 19.2 Å². The molecule has 2 rings (SSSR count). The molecule has 1 fully saturated rings. The molecule has 3 nitrogen and oxygen atoms in total. The third-order valence-electron chi connectivity index (χ3n) is 5.29. The maximum absolute atomic E-state index is 12.8. The molecule has 0 aromatic heterocycles. The van der Waals surface area contributed by atoms with Gasteiger partial charge in [-0.05, 0) is 42.9 Å². The summed E-state index contributed by atoms with van der Waals surface area (Å²) in [6.07, 6.45) is 4.70. The lowest BCUT2D eigenvalue weighted by Gasteiger charge is -2.41. The summed E-state index contributed by atoms with van der Waals surface area (Å²) in [6.45, 7) is 8.38. The van der Waals surface area contributed by atoms with Crippen LogP contribution < -0.4 is 5.32 Å². The molecule has 21 heavy (non-hydrogen) atoms. The van der Waals surface area contributed by atoms with Crippen LogP contribution in [0.4, 0.5) is 5.69 Å². The Labute approximate surface area is 128 Å². The number of nitrogens with zero attached hydrogens (tertiary/aromatic N) is 1. The molecule has 1 aliphatic heterocycles. The van der Waals surface area contributed by atoms with E-state index >= 15 is 0 Å². The fraction of sp³-hybridized carbons (Fsp3) is 0.611. The second-order valence-electron chi connectivity index (χ2n) is 6.30. The predicted octanol–water partition coefficient (Wildman–Crippen LogP) is 4.08. The zero-order chi connectivity index (χ0) is 15.5. The fourth-order valence-corrected chi connectivity index (χ4v) is 3.36. The van der Waals surface area contributed by atoms with Gasteiger partial charge in [0, 0.05) is 25.8 Å². The van der Waals surface area contributed by atoms with Crippen LogP contribution in [0.2, 0.25) is 0 Å². The van der Waals surface area contributed by atoms with Crippen LogP contribution in [0.3, 0.4) is 0 Å². The first-order valence-corrected chi connectivity index (χ1v) is 8.13. The summed E-state index contributed by atoms with van der Waals surface area (Å²) >= 11 is 0. The van der Waals surface area contributed by atoms with Crippen LogP contribution in [0.5, 0.6) is 0 Å². The molecule has 1 aromatic rings. The van der Waals surface area contributed by atoms with E-state index < -0.39 is 0 Å². The average Bonchev–Trinajstić information content (AvgIpc) is 2.54. The van der Waals surface area contributed by atoms with Crippen LogP contribution in [0.1, 0.15) is 55.5 Å². The van der Waals surface area contributed by atoms with Gasteiger partial charge in [0.15, 0.2) is 0 Å². The Bertz CT molecular complexity index is 496. The highest BCUT2D eigenvalue weighted by atomic mass is 16.2. The van der Waals surface area contributed by atoms with Gasteiger partial charge in [0.05, 0.1) is 5.56 Å². The van der Waals surface area contributed by atoms with E-state index in [4.69, 9.17) is 0 Å². The van der Waals surface area contributed by atoms with Gasteiger partial charge < -0.3 is 10.2 Å². The molecule has 1 heterocycles. The molecule has 1 saturated heterocycles. The minimum atomic E-state index is 0.167. The van der Waals surface area contributed by atoms with Crippen molar-refractivity contribution in [1.82, 2.24) is 4.90 Å². The Morgan fingerprint density at radius 1 is 1.24 bits per heavy atom. The fourth-order valence-electron chi connectivity index (χ4n) is 3.36. The Balaban J connectivity index is 2.12. The molecule has 116 valence electrons. The van der Waals surface area contributed by atoms with Gasteiger partial charge in [-0.1, -0.05) is 32.8 Å². The van der Waals surface area contributed by atoms with Crippen molar-refractivity contribution in [2.75, 3.05) is 25.5 Å². The van der Waals surface area contributed by atoms with Gasteiger partial charge in [-0.3, -0.25) is 4.79 Å². The predicted molar refractivity (Wildman–Crippen MR) is 88.9 cm³/mol. The highest BCUT2D eigenvalue weighted by Crippen LogP contribution is 2.38. The molecule has 1 aromatic carbocycles. The summed E-state index contributed by atoms with van der Waals surface area (Å²) in [6, 6.07) is 6.00. The zero-order valence-corrected chi connectivity index (χ0v) is 13.8. The molecule has 0 atom stereocenters. The van der Waals surface area contributed by atoms with E-state index in [0.29, 0.717) is 5.41 Å². The van der Waals surface area contributed by atoms with Crippen molar-refractivity contribution < 1.29 is 4.79 Å². The second-order valence-corrected chi connectivity index (χ2v) is 6.30. The van der Waals surface area contributed by atoms with Gasteiger partial charge in [0.2, 0.25) is 0 Å². The molecule has 1 N–H and O–H groups in total. The second kappa shape index (κ2) is 6.50.